The number of carbonyl (C=O) groups excluding carboxylic acids is 2. The Labute approximate surface area is 142 Å². The Morgan fingerprint density at radius 2 is 1.28 bits per heavy atom. The molecule has 0 atom stereocenters. The minimum Gasteiger partial charge on any atom is -0.478 e. The molecule has 0 bridgehead atoms. The molecule has 1 N–H and O–H groups in total. The van der Waals surface area contributed by atoms with Gasteiger partial charge in [0.15, 0.2) is 12.6 Å². The normalized spacial score (nSPS) is 11.0. The van der Waals surface area contributed by atoms with Gasteiger partial charge in [0.1, 0.15) is 0 Å². The van der Waals surface area contributed by atoms with Crippen LogP contribution in [0.1, 0.15) is 31.1 Å². The van der Waals surface area contributed by atoms with E-state index in [1.165, 1.54) is 0 Å². The predicted octanol–water partition coefficient (Wildman–Crippen LogP) is 4.47. The number of carboxylic acids is 1. The first-order valence-corrected chi connectivity index (χ1v) is 7.71. The van der Waals surface area contributed by atoms with Crippen molar-refractivity contribution in [1.29, 1.82) is 0 Å². The first kappa shape index (κ1) is 15.0. The molecular weight excluding hydrogens is 316 g/mol. The molecule has 0 spiro atoms. The number of aldehydes is 2. The van der Waals surface area contributed by atoms with Crippen molar-refractivity contribution in [3.05, 3.63) is 71.3 Å². The highest BCUT2D eigenvalue weighted by Gasteiger charge is 2.21. The molecule has 0 unspecified atom stereocenters. The van der Waals surface area contributed by atoms with Crippen LogP contribution in [0.3, 0.4) is 0 Å². The van der Waals surface area contributed by atoms with Crippen LogP contribution in [-0.2, 0) is 0 Å². The van der Waals surface area contributed by atoms with E-state index in [0.717, 1.165) is 21.5 Å². The van der Waals surface area contributed by atoms with Crippen molar-refractivity contribution < 1.29 is 19.5 Å². The van der Waals surface area contributed by atoms with Crippen LogP contribution in [0, 0.1) is 0 Å². The fourth-order valence-corrected chi connectivity index (χ4v) is 3.55. The fourth-order valence-electron chi connectivity index (χ4n) is 3.55. The maximum absolute atomic E-state index is 12.0. The predicted molar refractivity (Wildman–Crippen MR) is 96.7 cm³/mol. The molecule has 4 nitrogen and oxygen atoms in total. The molecule has 0 aliphatic heterocycles. The molecule has 4 aromatic rings. The van der Waals surface area contributed by atoms with E-state index in [9.17, 15) is 19.5 Å². The standard InChI is InChI=1S/C21H12O4/c22-10-12-9-17-15-7-2-1-5-13(15)14-6-3-4-8-16(14)19(17)20(21(24)25)18(12)11-23/h1-11H,(H,24,25). The van der Waals surface area contributed by atoms with Crippen LogP contribution < -0.4 is 0 Å². The minimum absolute atomic E-state index is 0.0836. The second kappa shape index (κ2) is 5.53. The Kier molecular flexibility index (Phi) is 3.32. The van der Waals surface area contributed by atoms with Crippen LogP contribution in [-0.4, -0.2) is 23.6 Å². The summed E-state index contributed by atoms with van der Waals surface area (Å²) in [5.41, 5.74) is -0.132. The van der Waals surface area contributed by atoms with E-state index in [2.05, 4.69) is 0 Å². The van der Waals surface area contributed by atoms with Gasteiger partial charge in [-0.15, -0.1) is 0 Å². The second-order valence-corrected chi connectivity index (χ2v) is 5.81. The number of hydrogen-bond acceptors (Lipinski definition) is 3. The third-order valence-corrected chi connectivity index (χ3v) is 4.56. The van der Waals surface area contributed by atoms with Gasteiger partial charge in [-0.1, -0.05) is 48.5 Å². The molecule has 0 saturated carbocycles. The first-order valence-electron chi connectivity index (χ1n) is 7.71. The van der Waals surface area contributed by atoms with Gasteiger partial charge in [-0.05, 0) is 33.0 Å². The lowest BCUT2D eigenvalue weighted by molar-refractivity contribution is 0.0696. The Morgan fingerprint density at radius 1 is 0.760 bits per heavy atom. The van der Waals surface area contributed by atoms with Gasteiger partial charge in [0.05, 0.1) is 5.56 Å². The molecule has 120 valence electrons. The second-order valence-electron chi connectivity index (χ2n) is 5.81. The summed E-state index contributed by atoms with van der Waals surface area (Å²) < 4.78 is 0. The van der Waals surface area contributed by atoms with E-state index >= 15 is 0 Å². The van der Waals surface area contributed by atoms with E-state index in [1.807, 2.05) is 48.5 Å². The number of carbonyl (C=O) groups is 3. The zero-order chi connectivity index (χ0) is 17.6. The quantitative estimate of drug-likeness (QED) is 0.445. The average Bonchev–Trinajstić information content (AvgIpc) is 2.66. The van der Waals surface area contributed by atoms with E-state index in [-0.39, 0.29) is 16.7 Å². The third kappa shape index (κ3) is 2.04. The van der Waals surface area contributed by atoms with Crippen molar-refractivity contribution in [3.63, 3.8) is 0 Å². The lowest BCUT2D eigenvalue weighted by atomic mass is 9.88. The maximum atomic E-state index is 12.0. The van der Waals surface area contributed by atoms with Crippen molar-refractivity contribution in [2.24, 2.45) is 0 Å². The van der Waals surface area contributed by atoms with Gasteiger partial charge in [-0.2, -0.15) is 0 Å². The highest BCUT2D eigenvalue weighted by atomic mass is 16.4. The number of fused-ring (bicyclic) bond motifs is 6. The molecule has 4 heteroatoms. The molecule has 4 aromatic carbocycles. The summed E-state index contributed by atoms with van der Waals surface area (Å²) >= 11 is 0. The molecular formula is C21H12O4. The molecule has 0 radical (unpaired) electrons. The average molecular weight is 328 g/mol. The molecule has 0 aromatic heterocycles. The van der Waals surface area contributed by atoms with Crippen molar-refractivity contribution in [2.75, 3.05) is 0 Å². The van der Waals surface area contributed by atoms with Crippen LogP contribution in [0.2, 0.25) is 0 Å². The third-order valence-electron chi connectivity index (χ3n) is 4.56. The lowest BCUT2D eigenvalue weighted by Crippen LogP contribution is -2.07. The summed E-state index contributed by atoms with van der Waals surface area (Å²) in [6.45, 7) is 0. The van der Waals surface area contributed by atoms with Crippen LogP contribution in [0.5, 0.6) is 0 Å². The number of rotatable bonds is 3. The van der Waals surface area contributed by atoms with Gasteiger partial charge in [-0.25, -0.2) is 4.79 Å². The van der Waals surface area contributed by atoms with Crippen LogP contribution in [0.4, 0.5) is 0 Å². The van der Waals surface area contributed by atoms with Crippen molar-refractivity contribution in [2.45, 2.75) is 0 Å². The zero-order valence-corrected chi connectivity index (χ0v) is 13.0. The Bertz CT molecular complexity index is 1210. The first-order chi connectivity index (χ1) is 12.2. The van der Waals surface area contributed by atoms with Gasteiger partial charge >= 0.3 is 5.97 Å². The van der Waals surface area contributed by atoms with Crippen molar-refractivity contribution in [1.82, 2.24) is 0 Å². The Morgan fingerprint density at radius 3 is 1.80 bits per heavy atom. The molecule has 0 aliphatic carbocycles. The summed E-state index contributed by atoms with van der Waals surface area (Å²) in [5, 5.41) is 14.4. The monoisotopic (exact) mass is 328 g/mol. The number of carboxylic acid groups (broad SMARTS) is 1. The van der Waals surface area contributed by atoms with Gasteiger partial charge in [0, 0.05) is 16.5 Å². The maximum Gasteiger partial charge on any atom is 0.337 e. The van der Waals surface area contributed by atoms with Gasteiger partial charge in [0.2, 0.25) is 0 Å². The minimum atomic E-state index is -1.23. The highest BCUT2D eigenvalue weighted by molar-refractivity contribution is 6.30. The van der Waals surface area contributed by atoms with Gasteiger partial charge in [0.25, 0.3) is 0 Å². The largest absolute Gasteiger partial charge is 0.478 e. The molecule has 0 saturated heterocycles. The van der Waals surface area contributed by atoms with Gasteiger partial charge < -0.3 is 5.11 Å². The van der Waals surface area contributed by atoms with Crippen molar-refractivity contribution in [3.8, 4) is 0 Å². The Hall–Kier alpha value is -3.53. The highest BCUT2D eigenvalue weighted by Crippen LogP contribution is 2.38. The summed E-state index contributed by atoms with van der Waals surface area (Å²) in [6, 6.07) is 16.7. The lowest BCUT2D eigenvalue weighted by Gasteiger charge is -2.14. The molecule has 0 fully saturated rings. The number of hydrogen-bond donors (Lipinski definition) is 1. The van der Waals surface area contributed by atoms with E-state index in [1.54, 1.807) is 6.07 Å². The number of benzene rings is 4. The van der Waals surface area contributed by atoms with Crippen molar-refractivity contribution >= 4 is 50.9 Å². The summed E-state index contributed by atoms with van der Waals surface area (Å²) in [6.07, 6.45) is 0.968. The molecule has 0 heterocycles. The van der Waals surface area contributed by atoms with Gasteiger partial charge in [-0.3, -0.25) is 9.59 Å². The molecule has 0 aliphatic rings. The molecule has 4 rings (SSSR count). The topological polar surface area (TPSA) is 71.4 Å². The van der Waals surface area contributed by atoms with Crippen LogP contribution in [0.25, 0.3) is 32.3 Å². The van der Waals surface area contributed by atoms with Crippen LogP contribution in [0.15, 0.2) is 54.6 Å². The fraction of sp³-hybridized carbons (Fsp3) is 0. The molecule has 0 amide bonds. The molecule has 25 heavy (non-hydrogen) atoms. The SMILES string of the molecule is O=Cc1cc2c3ccccc3c3ccccc3c2c(C(=O)O)c1C=O. The zero-order valence-electron chi connectivity index (χ0n) is 13.0. The van der Waals surface area contributed by atoms with E-state index in [4.69, 9.17) is 0 Å². The number of aromatic carboxylic acids is 1. The van der Waals surface area contributed by atoms with E-state index in [0.29, 0.717) is 23.3 Å². The van der Waals surface area contributed by atoms with Crippen LogP contribution >= 0.6 is 0 Å². The smallest absolute Gasteiger partial charge is 0.337 e. The Balaban J connectivity index is 2.46. The summed E-state index contributed by atoms with van der Waals surface area (Å²) in [4.78, 5) is 35.0. The summed E-state index contributed by atoms with van der Waals surface area (Å²) in [7, 11) is 0. The van der Waals surface area contributed by atoms with E-state index < -0.39 is 5.97 Å². The summed E-state index contributed by atoms with van der Waals surface area (Å²) in [5.74, 6) is -1.23.